The van der Waals surface area contributed by atoms with E-state index in [0.717, 1.165) is 21.2 Å². The number of ether oxygens (including phenoxy) is 1. The number of sulfonamides is 1. The second kappa shape index (κ2) is 10.8. The number of rotatable bonds is 8. The average Bonchev–Trinajstić information content (AvgIpc) is 2.80. The van der Waals surface area contributed by atoms with Crippen LogP contribution in [0.1, 0.15) is 54.7 Å². The van der Waals surface area contributed by atoms with E-state index in [-0.39, 0.29) is 23.4 Å². The van der Waals surface area contributed by atoms with Crippen molar-refractivity contribution in [3.05, 3.63) is 99.5 Å². The molecule has 0 aliphatic heterocycles. The molecule has 0 atom stereocenters. The first-order chi connectivity index (χ1) is 16.0. The van der Waals surface area contributed by atoms with Crippen LogP contribution in [0, 0.1) is 0 Å². The lowest BCUT2D eigenvalue weighted by Gasteiger charge is -2.24. The summed E-state index contributed by atoms with van der Waals surface area (Å²) >= 11 is 3.42. The topological polar surface area (TPSA) is 63.7 Å². The van der Waals surface area contributed by atoms with Crippen LogP contribution in [0.5, 0.6) is 0 Å². The summed E-state index contributed by atoms with van der Waals surface area (Å²) in [5.41, 5.74) is 3.09. The van der Waals surface area contributed by atoms with Gasteiger partial charge in [-0.15, -0.1) is 0 Å². The van der Waals surface area contributed by atoms with Gasteiger partial charge in [0.15, 0.2) is 0 Å². The van der Waals surface area contributed by atoms with Gasteiger partial charge < -0.3 is 4.74 Å². The second-order valence-electron chi connectivity index (χ2n) is 9.09. The highest BCUT2D eigenvalue weighted by molar-refractivity contribution is 9.10. The summed E-state index contributed by atoms with van der Waals surface area (Å²) < 4.78 is 34.8. The predicted molar refractivity (Wildman–Crippen MR) is 138 cm³/mol. The molecule has 0 saturated carbocycles. The van der Waals surface area contributed by atoms with Crippen LogP contribution < -0.4 is 0 Å². The molecule has 0 aliphatic rings. The van der Waals surface area contributed by atoms with Crippen LogP contribution >= 0.6 is 15.9 Å². The van der Waals surface area contributed by atoms with Gasteiger partial charge in [-0.05, 0) is 65.4 Å². The van der Waals surface area contributed by atoms with Crippen molar-refractivity contribution in [1.29, 1.82) is 0 Å². The first-order valence-electron chi connectivity index (χ1n) is 11.1. The van der Waals surface area contributed by atoms with Gasteiger partial charge in [0.25, 0.3) is 0 Å². The number of benzene rings is 3. The fourth-order valence-electron chi connectivity index (χ4n) is 3.46. The summed E-state index contributed by atoms with van der Waals surface area (Å²) in [6, 6.07) is 21.5. The van der Waals surface area contributed by atoms with E-state index < -0.39 is 16.0 Å². The predicted octanol–water partition coefficient (Wildman–Crippen LogP) is 6.31. The molecule has 0 heterocycles. The van der Waals surface area contributed by atoms with Crippen molar-refractivity contribution in [2.75, 3.05) is 6.61 Å². The van der Waals surface area contributed by atoms with Gasteiger partial charge >= 0.3 is 5.97 Å². The molecule has 3 aromatic rings. The molecule has 34 heavy (non-hydrogen) atoms. The highest BCUT2D eigenvalue weighted by Gasteiger charge is 2.26. The van der Waals surface area contributed by atoms with Crippen molar-refractivity contribution >= 4 is 31.9 Å². The molecule has 0 aromatic heterocycles. The van der Waals surface area contributed by atoms with Gasteiger partial charge in [0.05, 0.1) is 17.1 Å². The molecule has 0 amide bonds. The Hall–Kier alpha value is -2.48. The van der Waals surface area contributed by atoms with E-state index in [2.05, 4.69) is 36.7 Å². The Balaban J connectivity index is 1.93. The summed E-state index contributed by atoms with van der Waals surface area (Å²) in [5.74, 6) is -0.396. The number of halogens is 1. The molecule has 0 unspecified atom stereocenters. The maximum Gasteiger partial charge on any atom is 0.338 e. The van der Waals surface area contributed by atoms with Gasteiger partial charge in [0.2, 0.25) is 10.0 Å². The summed E-state index contributed by atoms with van der Waals surface area (Å²) in [5, 5.41) is 0. The van der Waals surface area contributed by atoms with E-state index in [1.54, 1.807) is 43.3 Å². The zero-order chi connectivity index (χ0) is 24.9. The zero-order valence-electron chi connectivity index (χ0n) is 19.9. The molecule has 3 aromatic carbocycles. The Kier molecular flexibility index (Phi) is 8.34. The van der Waals surface area contributed by atoms with Crippen molar-refractivity contribution < 1.29 is 17.9 Å². The third kappa shape index (κ3) is 6.56. The fraction of sp³-hybridized carbons (Fsp3) is 0.296. The third-order valence-corrected chi connectivity index (χ3v) is 7.79. The summed E-state index contributed by atoms with van der Waals surface area (Å²) in [6.45, 7) is 8.72. The number of nitrogens with zero attached hydrogens (tertiary/aromatic N) is 1. The van der Waals surface area contributed by atoms with Crippen LogP contribution in [-0.4, -0.2) is 25.3 Å². The Bertz CT molecular complexity index is 1210. The van der Waals surface area contributed by atoms with E-state index in [0.29, 0.717) is 12.2 Å². The van der Waals surface area contributed by atoms with Crippen molar-refractivity contribution in [3.63, 3.8) is 0 Å². The van der Waals surface area contributed by atoms with Gasteiger partial charge in [-0.2, -0.15) is 4.31 Å². The van der Waals surface area contributed by atoms with E-state index >= 15 is 0 Å². The molecule has 0 spiro atoms. The average molecular weight is 545 g/mol. The van der Waals surface area contributed by atoms with Crippen LogP contribution in [0.15, 0.2) is 82.2 Å². The largest absolute Gasteiger partial charge is 0.462 e. The monoisotopic (exact) mass is 543 g/mol. The lowest BCUT2D eigenvalue weighted by Crippen LogP contribution is -2.30. The SMILES string of the molecule is CCOC(=O)c1ccc(CN(Cc2ccc(Br)cc2)S(=O)(=O)c2ccc(C(C)(C)C)cc2)cc1. The summed E-state index contributed by atoms with van der Waals surface area (Å²) in [7, 11) is -3.77. The minimum Gasteiger partial charge on any atom is -0.462 e. The molecule has 5 nitrogen and oxygen atoms in total. The van der Waals surface area contributed by atoms with Gasteiger partial charge in [0.1, 0.15) is 0 Å². The van der Waals surface area contributed by atoms with Gasteiger partial charge in [0, 0.05) is 17.6 Å². The quantitative estimate of drug-likeness (QED) is 0.312. The lowest BCUT2D eigenvalue weighted by molar-refractivity contribution is 0.0526. The van der Waals surface area contributed by atoms with E-state index in [4.69, 9.17) is 4.74 Å². The first kappa shape index (κ1) is 26.1. The summed E-state index contributed by atoms with van der Waals surface area (Å²) in [6.07, 6.45) is 0. The number of hydrogen-bond donors (Lipinski definition) is 0. The van der Waals surface area contributed by atoms with Crippen LogP contribution in [-0.2, 0) is 33.3 Å². The van der Waals surface area contributed by atoms with E-state index in [9.17, 15) is 13.2 Å². The minimum atomic E-state index is -3.77. The maximum absolute atomic E-state index is 13.7. The standard InChI is InChI=1S/C27H30BrNO4S/c1-5-33-26(30)22-10-6-20(7-11-22)18-29(19-21-8-14-24(28)15-9-21)34(31,32)25-16-12-23(13-17-25)27(2,3)4/h6-17H,5,18-19H2,1-4H3. The Morgan fingerprint density at radius 2 is 1.35 bits per heavy atom. The lowest BCUT2D eigenvalue weighted by atomic mass is 9.87. The highest BCUT2D eigenvalue weighted by Crippen LogP contribution is 2.26. The Morgan fingerprint density at radius 3 is 1.82 bits per heavy atom. The molecular formula is C27H30BrNO4S. The molecule has 0 aliphatic carbocycles. The number of carbonyl (C=O) groups excluding carboxylic acids is 1. The van der Waals surface area contributed by atoms with Gasteiger partial charge in [-0.1, -0.05) is 73.1 Å². The molecule has 7 heteroatoms. The van der Waals surface area contributed by atoms with Crippen LogP contribution in [0.3, 0.4) is 0 Å². The third-order valence-electron chi connectivity index (χ3n) is 5.45. The first-order valence-corrected chi connectivity index (χ1v) is 13.3. The molecule has 0 bridgehead atoms. The smallest absolute Gasteiger partial charge is 0.338 e. The van der Waals surface area contributed by atoms with Gasteiger partial charge in [-0.3, -0.25) is 0 Å². The fourth-order valence-corrected chi connectivity index (χ4v) is 5.14. The van der Waals surface area contributed by atoms with Crippen molar-refractivity contribution in [2.45, 2.75) is 51.1 Å². The van der Waals surface area contributed by atoms with Crippen molar-refractivity contribution in [3.8, 4) is 0 Å². The molecule has 0 radical (unpaired) electrons. The molecule has 3 rings (SSSR count). The number of esters is 1. The van der Waals surface area contributed by atoms with Crippen LogP contribution in [0.2, 0.25) is 0 Å². The van der Waals surface area contributed by atoms with E-state index in [1.165, 1.54) is 4.31 Å². The maximum atomic E-state index is 13.7. The number of hydrogen-bond acceptors (Lipinski definition) is 4. The highest BCUT2D eigenvalue weighted by atomic mass is 79.9. The summed E-state index contributed by atoms with van der Waals surface area (Å²) in [4.78, 5) is 12.2. The van der Waals surface area contributed by atoms with Crippen LogP contribution in [0.4, 0.5) is 0 Å². The molecule has 0 saturated heterocycles. The Morgan fingerprint density at radius 1 is 0.853 bits per heavy atom. The van der Waals surface area contributed by atoms with E-state index in [1.807, 2.05) is 36.4 Å². The normalized spacial score (nSPS) is 12.1. The minimum absolute atomic E-state index is 0.0694. The molecule has 0 fully saturated rings. The van der Waals surface area contributed by atoms with Crippen molar-refractivity contribution in [2.24, 2.45) is 0 Å². The number of carbonyl (C=O) groups is 1. The van der Waals surface area contributed by atoms with Crippen LogP contribution in [0.25, 0.3) is 0 Å². The molecule has 0 N–H and O–H groups in total. The molecule has 180 valence electrons. The second-order valence-corrected chi connectivity index (χ2v) is 11.9. The van der Waals surface area contributed by atoms with Crippen molar-refractivity contribution in [1.82, 2.24) is 4.31 Å². The molecular weight excluding hydrogens is 514 g/mol. The van der Waals surface area contributed by atoms with Gasteiger partial charge in [-0.25, -0.2) is 13.2 Å². The zero-order valence-corrected chi connectivity index (χ0v) is 22.3. The Labute approximate surface area is 210 Å².